The molecule has 10 heteroatoms. The normalized spacial score (nSPS) is 12.6. The largest absolute Gasteiger partial charge is 0.497 e. The Balaban J connectivity index is 3.01. The molecule has 0 aliphatic carbocycles. The van der Waals surface area contributed by atoms with Gasteiger partial charge in [0.15, 0.2) is 5.92 Å². The van der Waals surface area contributed by atoms with Crippen LogP contribution in [0.1, 0.15) is 0 Å². The Hall–Kier alpha value is -2.52. The van der Waals surface area contributed by atoms with Gasteiger partial charge in [-0.3, -0.25) is 14.9 Å². The first-order valence-electron chi connectivity index (χ1n) is 5.41. The number of carbonyl (C=O) groups is 1. The number of hydrogen-bond acceptors (Lipinski definition) is 5. The van der Waals surface area contributed by atoms with Gasteiger partial charge in [0.05, 0.1) is 12.0 Å². The molecule has 1 aromatic rings. The number of carboxylic acids is 1. The van der Waals surface area contributed by atoms with Crippen molar-refractivity contribution in [3.05, 3.63) is 28.3 Å². The third-order valence-electron chi connectivity index (χ3n) is 2.46. The number of nitrogens with zero attached hydrogens (tertiary/aromatic N) is 1. The number of benzene rings is 1. The van der Waals surface area contributed by atoms with Gasteiger partial charge in [0.2, 0.25) is 5.75 Å². The predicted octanol–water partition coefficient (Wildman–Crippen LogP) is 2.25. The predicted molar refractivity (Wildman–Crippen MR) is 62.3 cm³/mol. The first-order chi connectivity index (χ1) is 9.66. The number of rotatable bonds is 6. The highest BCUT2D eigenvalue weighted by Gasteiger charge is 2.46. The van der Waals surface area contributed by atoms with Crippen LogP contribution in [0.5, 0.6) is 11.5 Å². The average molecular weight is 309 g/mol. The highest BCUT2D eigenvalue weighted by Crippen LogP contribution is 2.33. The van der Waals surface area contributed by atoms with Crippen LogP contribution in [0.3, 0.4) is 0 Å². The maximum Gasteiger partial charge on any atom is 0.405 e. The number of halogens is 3. The number of nitro benzene ring substituents is 1. The van der Waals surface area contributed by atoms with Gasteiger partial charge in [-0.2, -0.15) is 13.2 Å². The molecular weight excluding hydrogens is 299 g/mol. The summed E-state index contributed by atoms with van der Waals surface area (Å²) in [5, 5.41) is 19.3. The standard InChI is InChI=1S/C11H10F3NO6/c1-20-6-2-3-8(15(18)19)9(4-6)21-5-7(10(16)17)11(12,13)14/h2-4,7H,5H2,1H3,(H,16,17). The number of hydrogen-bond donors (Lipinski definition) is 1. The number of ether oxygens (including phenoxy) is 2. The van der Waals surface area contributed by atoms with Crippen LogP contribution < -0.4 is 9.47 Å². The van der Waals surface area contributed by atoms with E-state index in [-0.39, 0.29) is 5.75 Å². The van der Waals surface area contributed by atoms with E-state index in [0.29, 0.717) is 0 Å². The zero-order chi connectivity index (χ0) is 16.2. The van der Waals surface area contributed by atoms with E-state index >= 15 is 0 Å². The Bertz CT molecular complexity index is 545. The lowest BCUT2D eigenvalue weighted by Gasteiger charge is -2.16. The van der Waals surface area contributed by atoms with E-state index in [9.17, 15) is 28.1 Å². The summed E-state index contributed by atoms with van der Waals surface area (Å²) in [4.78, 5) is 20.4. The van der Waals surface area contributed by atoms with E-state index in [0.717, 1.165) is 12.1 Å². The van der Waals surface area contributed by atoms with Gasteiger partial charge >= 0.3 is 17.8 Å². The third-order valence-corrected chi connectivity index (χ3v) is 2.46. The van der Waals surface area contributed by atoms with Crippen molar-refractivity contribution in [2.24, 2.45) is 5.92 Å². The molecule has 0 saturated carbocycles. The van der Waals surface area contributed by atoms with E-state index in [2.05, 4.69) is 4.74 Å². The second-order valence-corrected chi connectivity index (χ2v) is 3.83. The smallest absolute Gasteiger partial charge is 0.405 e. The summed E-state index contributed by atoms with van der Waals surface area (Å²) in [6.45, 7) is -1.28. The first kappa shape index (κ1) is 16.5. The SMILES string of the molecule is COc1ccc([N+](=O)[O-])c(OCC(C(=O)O)C(F)(F)F)c1. The Kier molecular flexibility index (Phi) is 4.95. The van der Waals surface area contributed by atoms with Crippen LogP contribution in [0.15, 0.2) is 18.2 Å². The van der Waals surface area contributed by atoms with Crippen LogP contribution in [-0.2, 0) is 4.79 Å². The Labute approximate surface area is 116 Å². The Morgan fingerprint density at radius 2 is 2.10 bits per heavy atom. The van der Waals surface area contributed by atoms with E-state index in [4.69, 9.17) is 9.84 Å². The van der Waals surface area contributed by atoms with E-state index < -0.39 is 41.0 Å². The molecule has 21 heavy (non-hydrogen) atoms. The van der Waals surface area contributed by atoms with Gasteiger partial charge in [0, 0.05) is 12.1 Å². The topological polar surface area (TPSA) is 98.9 Å². The maximum absolute atomic E-state index is 12.5. The quantitative estimate of drug-likeness (QED) is 0.639. The maximum atomic E-state index is 12.5. The van der Waals surface area contributed by atoms with Crippen LogP contribution in [0.25, 0.3) is 0 Å². The molecule has 0 aliphatic heterocycles. The molecule has 0 spiro atoms. The molecule has 0 saturated heterocycles. The molecule has 1 atom stereocenters. The summed E-state index contributed by atoms with van der Waals surface area (Å²) in [7, 11) is 1.25. The molecule has 0 aliphatic rings. The first-order valence-corrected chi connectivity index (χ1v) is 5.41. The van der Waals surface area contributed by atoms with Crippen molar-refractivity contribution in [1.29, 1.82) is 0 Å². The van der Waals surface area contributed by atoms with Crippen LogP contribution in [0.4, 0.5) is 18.9 Å². The minimum atomic E-state index is -5.03. The molecule has 1 N–H and O–H groups in total. The summed E-state index contributed by atoms with van der Waals surface area (Å²) in [5.74, 6) is -5.30. The third kappa shape index (κ3) is 4.23. The number of nitro groups is 1. The Morgan fingerprint density at radius 3 is 2.52 bits per heavy atom. The molecule has 1 aromatic carbocycles. The number of methoxy groups -OCH3 is 1. The summed E-state index contributed by atoms with van der Waals surface area (Å²) < 4.78 is 46.8. The fraction of sp³-hybridized carbons (Fsp3) is 0.364. The molecule has 0 amide bonds. The van der Waals surface area contributed by atoms with Crippen molar-refractivity contribution in [2.75, 3.05) is 13.7 Å². The minimum Gasteiger partial charge on any atom is -0.497 e. The van der Waals surface area contributed by atoms with Crippen LogP contribution in [0.2, 0.25) is 0 Å². The number of alkyl halides is 3. The molecule has 7 nitrogen and oxygen atoms in total. The summed E-state index contributed by atoms with van der Waals surface area (Å²) in [5.41, 5.74) is -0.595. The fourth-order valence-electron chi connectivity index (χ4n) is 1.37. The molecular formula is C11H10F3NO6. The summed E-state index contributed by atoms with van der Waals surface area (Å²) in [6.07, 6.45) is -5.03. The molecule has 0 aromatic heterocycles. The molecule has 0 bridgehead atoms. The molecule has 1 rings (SSSR count). The monoisotopic (exact) mass is 309 g/mol. The lowest BCUT2D eigenvalue weighted by atomic mass is 10.1. The van der Waals surface area contributed by atoms with Gasteiger partial charge < -0.3 is 14.6 Å². The Morgan fingerprint density at radius 1 is 1.48 bits per heavy atom. The van der Waals surface area contributed by atoms with E-state index in [1.165, 1.54) is 13.2 Å². The lowest BCUT2D eigenvalue weighted by molar-refractivity contribution is -0.386. The van der Waals surface area contributed by atoms with Crippen molar-refractivity contribution >= 4 is 11.7 Å². The molecule has 0 heterocycles. The van der Waals surface area contributed by atoms with Gasteiger partial charge in [-0.25, -0.2) is 0 Å². The van der Waals surface area contributed by atoms with Gasteiger partial charge in [-0.1, -0.05) is 0 Å². The molecule has 0 radical (unpaired) electrons. The second kappa shape index (κ2) is 6.29. The number of carboxylic acid groups (broad SMARTS) is 1. The van der Waals surface area contributed by atoms with Crippen LogP contribution >= 0.6 is 0 Å². The van der Waals surface area contributed by atoms with Crippen LogP contribution in [0, 0.1) is 16.0 Å². The molecule has 0 fully saturated rings. The average Bonchev–Trinajstić information content (AvgIpc) is 2.36. The zero-order valence-corrected chi connectivity index (χ0v) is 10.6. The highest BCUT2D eigenvalue weighted by molar-refractivity contribution is 5.71. The second-order valence-electron chi connectivity index (χ2n) is 3.83. The lowest BCUT2D eigenvalue weighted by Crippen LogP contribution is -2.35. The van der Waals surface area contributed by atoms with Crippen molar-refractivity contribution in [3.8, 4) is 11.5 Å². The number of aliphatic carboxylic acids is 1. The molecule has 116 valence electrons. The van der Waals surface area contributed by atoms with Gasteiger partial charge in [0.1, 0.15) is 12.4 Å². The van der Waals surface area contributed by atoms with Gasteiger partial charge in [-0.15, -0.1) is 0 Å². The van der Waals surface area contributed by atoms with Crippen molar-refractivity contribution in [2.45, 2.75) is 6.18 Å². The fourth-order valence-corrected chi connectivity index (χ4v) is 1.37. The summed E-state index contributed by atoms with van der Waals surface area (Å²) in [6, 6.07) is 3.22. The summed E-state index contributed by atoms with van der Waals surface area (Å²) >= 11 is 0. The van der Waals surface area contributed by atoms with Gasteiger partial charge in [-0.05, 0) is 6.07 Å². The molecule has 1 unspecified atom stereocenters. The highest BCUT2D eigenvalue weighted by atomic mass is 19.4. The van der Waals surface area contributed by atoms with Crippen molar-refractivity contribution < 1.29 is 37.5 Å². The van der Waals surface area contributed by atoms with Crippen molar-refractivity contribution in [3.63, 3.8) is 0 Å². The van der Waals surface area contributed by atoms with Crippen molar-refractivity contribution in [1.82, 2.24) is 0 Å². The van der Waals surface area contributed by atoms with E-state index in [1.54, 1.807) is 0 Å². The van der Waals surface area contributed by atoms with Gasteiger partial charge in [0.25, 0.3) is 0 Å². The minimum absolute atomic E-state index is 0.120. The van der Waals surface area contributed by atoms with E-state index in [1.807, 2.05) is 0 Å². The van der Waals surface area contributed by atoms with Crippen LogP contribution in [-0.4, -0.2) is 35.9 Å². The zero-order valence-electron chi connectivity index (χ0n) is 10.6.